The van der Waals surface area contributed by atoms with Crippen molar-refractivity contribution in [3.63, 3.8) is 0 Å². The third-order valence-corrected chi connectivity index (χ3v) is 3.24. The van der Waals surface area contributed by atoms with Crippen LogP contribution in [0.5, 0.6) is 5.75 Å². The molecule has 3 heteroatoms. The molecule has 0 saturated carbocycles. The highest BCUT2D eigenvalue weighted by Gasteiger charge is 2.05. The zero-order chi connectivity index (χ0) is 15.0. The van der Waals surface area contributed by atoms with E-state index < -0.39 is 0 Å². The second-order valence-corrected chi connectivity index (χ2v) is 6.04. The first-order valence-electron chi connectivity index (χ1n) is 7.60. The van der Waals surface area contributed by atoms with Gasteiger partial charge in [-0.2, -0.15) is 0 Å². The molecule has 0 bridgehead atoms. The molecule has 114 valence electrons. The van der Waals surface area contributed by atoms with Gasteiger partial charge in [0, 0.05) is 12.6 Å². The van der Waals surface area contributed by atoms with E-state index in [2.05, 4.69) is 38.2 Å². The summed E-state index contributed by atoms with van der Waals surface area (Å²) in [5, 5.41) is 12.7. The Bertz CT molecular complexity index is 360. The van der Waals surface area contributed by atoms with Gasteiger partial charge in [-0.05, 0) is 50.3 Å². The lowest BCUT2D eigenvalue weighted by Crippen LogP contribution is -2.28. The summed E-state index contributed by atoms with van der Waals surface area (Å²) < 4.78 is 5.70. The molecule has 3 nitrogen and oxygen atoms in total. The van der Waals surface area contributed by atoms with Gasteiger partial charge in [0.1, 0.15) is 5.75 Å². The predicted octanol–water partition coefficient (Wildman–Crippen LogP) is 3.36. The number of hydrogen-bond donors (Lipinski definition) is 2. The molecule has 20 heavy (non-hydrogen) atoms. The third-order valence-electron chi connectivity index (χ3n) is 3.24. The molecule has 2 N–H and O–H groups in total. The highest BCUT2D eigenvalue weighted by Crippen LogP contribution is 2.13. The molecule has 0 amide bonds. The summed E-state index contributed by atoms with van der Waals surface area (Å²) in [5.74, 6) is 1.61. The molecular formula is C17H29NO2. The molecule has 0 aliphatic heterocycles. The van der Waals surface area contributed by atoms with Gasteiger partial charge in [0.05, 0.1) is 12.7 Å². The van der Waals surface area contributed by atoms with Crippen LogP contribution in [0.15, 0.2) is 24.3 Å². The SMILES string of the molecule is CC(C)CCOc1ccc(CNC(C)CC(C)O)cc1. The Kier molecular flexibility index (Phi) is 7.63. The Morgan fingerprint density at radius 1 is 1.10 bits per heavy atom. The van der Waals surface area contributed by atoms with Crippen molar-refractivity contribution in [2.75, 3.05) is 6.61 Å². The van der Waals surface area contributed by atoms with Crippen LogP contribution in [0.3, 0.4) is 0 Å². The van der Waals surface area contributed by atoms with Crippen LogP contribution in [0.25, 0.3) is 0 Å². The molecule has 2 unspecified atom stereocenters. The first-order chi connectivity index (χ1) is 9.47. The first-order valence-corrected chi connectivity index (χ1v) is 7.60. The molecule has 0 heterocycles. The number of rotatable bonds is 9. The van der Waals surface area contributed by atoms with Crippen molar-refractivity contribution >= 4 is 0 Å². The van der Waals surface area contributed by atoms with E-state index in [0.29, 0.717) is 12.0 Å². The van der Waals surface area contributed by atoms with Crippen LogP contribution in [0.4, 0.5) is 0 Å². The molecule has 1 rings (SSSR count). The Hall–Kier alpha value is -1.06. The van der Waals surface area contributed by atoms with Crippen LogP contribution in [-0.4, -0.2) is 23.9 Å². The fourth-order valence-corrected chi connectivity index (χ4v) is 2.00. The Balaban J connectivity index is 2.31. The lowest BCUT2D eigenvalue weighted by molar-refractivity contribution is 0.170. The molecule has 0 aliphatic rings. The van der Waals surface area contributed by atoms with Crippen molar-refractivity contribution in [2.45, 2.75) is 59.2 Å². The van der Waals surface area contributed by atoms with Crippen molar-refractivity contribution < 1.29 is 9.84 Å². The van der Waals surface area contributed by atoms with Gasteiger partial charge in [0.25, 0.3) is 0 Å². The number of aliphatic hydroxyl groups excluding tert-OH is 1. The molecule has 2 atom stereocenters. The number of nitrogens with one attached hydrogen (secondary N) is 1. The average molecular weight is 279 g/mol. The van der Waals surface area contributed by atoms with E-state index >= 15 is 0 Å². The van der Waals surface area contributed by atoms with Gasteiger partial charge in [-0.1, -0.05) is 26.0 Å². The second-order valence-electron chi connectivity index (χ2n) is 6.04. The van der Waals surface area contributed by atoms with Crippen molar-refractivity contribution in [1.29, 1.82) is 0 Å². The monoisotopic (exact) mass is 279 g/mol. The van der Waals surface area contributed by atoms with Crippen LogP contribution in [0.1, 0.15) is 46.1 Å². The topological polar surface area (TPSA) is 41.5 Å². The number of benzene rings is 1. The van der Waals surface area contributed by atoms with Crippen molar-refractivity contribution in [1.82, 2.24) is 5.32 Å². The maximum Gasteiger partial charge on any atom is 0.119 e. The molecule has 0 saturated heterocycles. The molecule has 0 radical (unpaired) electrons. The van der Waals surface area contributed by atoms with Gasteiger partial charge in [-0.25, -0.2) is 0 Å². The fourth-order valence-electron chi connectivity index (χ4n) is 2.00. The highest BCUT2D eigenvalue weighted by atomic mass is 16.5. The van der Waals surface area contributed by atoms with Crippen LogP contribution in [-0.2, 0) is 6.54 Å². The zero-order valence-corrected chi connectivity index (χ0v) is 13.2. The third kappa shape index (κ3) is 7.51. The molecule has 1 aromatic carbocycles. The summed E-state index contributed by atoms with van der Waals surface area (Å²) in [4.78, 5) is 0. The Morgan fingerprint density at radius 2 is 1.75 bits per heavy atom. The van der Waals surface area contributed by atoms with Crippen LogP contribution in [0.2, 0.25) is 0 Å². The van der Waals surface area contributed by atoms with E-state index in [9.17, 15) is 5.11 Å². The highest BCUT2D eigenvalue weighted by molar-refractivity contribution is 5.27. The Labute approximate surface area is 123 Å². The molecule has 0 aromatic heterocycles. The number of hydrogen-bond acceptors (Lipinski definition) is 3. The summed E-state index contributed by atoms with van der Waals surface area (Å²) in [5.41, 5.74) is 1.23. The smallest absolute Gasteiger partial charge is 0.119 e. The normalized spacial score (nSPS) is 14.3. The second kappa shape index (κ2) is 8.98. The van der Waals surface area contributed by atoms with Gasteiger partial charge >= 0.3 is 0 Å². The van der Waals surface area contributed by atoms with Crippen LogP contribution >= 0.6 is 0 Å². The zero-order valence-electron chi connectivity index (χ0n) is 13.2. The van der Waals surface area contributed by atoms with Gasteiger partial charge in [-0.3, -0.25) is 0 Å². The number of aliphatic hydroxyl groups is 1. The van der Waals surface area contributed by atoms with Gasteiger partial charge in [0.2, 0.25) is 0 Å². The number of ether oxygens (including phenoxy) is 1. The first kappa shape index (κ1) is 17.0. The largest absolute Gasteiger partial charge is 0.494 e. The molecule has 1 aromatic rings. The fraction of sp³-hybridized carbons (Fsp3) is 0.647. The van der Waals surface area contributed by atoms with Crippen molar-refractivity contribution in [2.24, 2.45) is 5.92 Å². The van der Waals surface area contributed by atoms with E-state index in [-0.39, 0.29) is 6.10 Å². The van der Waals surface area contributed by atoms with E-state index in [1.54, 1.807) is 0 Å². The molecule has 0 fully saturated rings. The minimum atomic E-state index is -0.255. The molecule has 0 aliphatic carbocycles. The van der Waals surface area contributed by atoms with Crippen LogP contribution in [0, 0.1) is 5.92 Å². The van der Waals surface area contributed by atoms with E-state index in [1.165, 1.54) is 5.56 Å². The van der Waals surface area contributed by atoms with E-state index in [1.807, 2.05) is 19.1 Å². The predicted molar refractivity (Wildman–Crippen MR) is 84.0 cm³/mol. The lowest BCUT2D eigenvalue weighted by Gasteiger charge is -2.15. The quantitative estimate of drug-likeness (QED) is 0.728. The standard InChI is InChI=1S/C17H29NO2/c1-13(2)9-10-20-17-7-5-16(6-8-17)12-18-14(3)11-15(4)19/h5-8,13-15,18-19H,9-12H2,1-4H3. The maximum atomic E-state index is 9.32. The van der Waals surface area contributed by atoms with Crippen molar-refractivity contribution in [3.05, 3.63) is 29.8 Å². The summed E-state index contributed by atoms with van der Waals surface area (Å²) in [6.07, 6.45) is 1.60. The van der Waals surface area contributed by atoms with Gasteiger partial charge < -0.3 is 15.2 Å². The maximum absolute atomic E-state index is 9.32. The van der Waals surface area contributed by atoms with E-state index in [4.69, 9.17) is 4.74 Å². The molecular weight excluding hydrogens is 250 g/mol. The Morgan fingerprint density at radius 3 is 2.30 bits per heavy atom. The average Bonchev–Trinajstić information content (AvgIpc) is 2.36. The van der Waals surface area contributed by atoms with Crippen LogP contribution < -0.4 is 10.1 Å². The molecule has 0 spiro atoms. The van der Waals surface area contributed by atoms with Gasteiger partial charge in [-0.15, -0.1) is 0 Å². The minimum Gasteiger partial charge on any atom is -0.494 e. The minimum absolute atomic E-state index is 0.255. The van der Waals surface area contributed by atoms with E-state index in [0.717, 1.165) is 31.7 Å². The summed E-state index contributed by atoms with van der Waals surface area (Å²) in [6.45, 7) is 9.91. The summed E-state index contributed by atoms with van der Waals surface area (Å²) in [6, 6.07) is 8.55. The summed E-state index contributed by atoms with van der Waals surface area (Å²) >= 11 is 0. The lowest BCUT2D eigenvalue weighted by atomic mass is 10.1. The van der Waals surface area contributed by atoms with Gasteiger partial charge in [0.15, 0.2) is 0 Å². The van der Waals surface area contributed by atoms with Crippen molar-refractivity contribution in [3.8, 4) is 5.75 Å². The summed E-state index contributed by atoms with van der Waals surface area (Å²) in [7, 11) is 0.